The Bertz CT molecular complexity index is 870. The van der Waals surface area contributed by atoms with Crippen molar-refractivity contribution in [1.82, 2.24) is 4.98 Å². The summed E-state index contributed by atoms with van der Waals surface area (Å²) in [5, 5.41) is 0.685. The number of hydrogen-bond acceptors (Lipinski definition) is 6. The normalized spacial score (nSPS) is 17.2. The zero-order valence-electron chi connectivity index (χ0n) is 13.8. The van der Waals surface area contributed by atoms with Crippen molar-refractivity contribution in [2.75, 3.05) is 24.3 Å². The van der Waals surface area contributed by atoms with E-state index in [0.29, 0.717) is 17.4 Å². The summed E-state index contributed by atoms with van der Waals surface area (Å²) in [6, 6.07) is 9.57. The van der Waals surface area contributed by atoms with Crippen LogP contribution in [0.2, 0.25) is 0 Å². The van der Waals surface area contributed by atoms with Crippen molar-refractivity contribution in [2.45, 2.75) is 23.8 Å². The topological polar surface area (TPSA) is 55.6 Å². The number of ether oxygens (including phenoxy) is 1. The monoisotopic (exact) mass is 374 g/mol. The quantitative estimate of drug-likeness (QED) is 0.618. The van der Waals surface area contributed by atoms with Crippen LogP contribution in [0.1, 0.15) is 23.4 Å². The molecule has 1 atom stereocenters. The lowest BCUT2D eigenvalue weighted by atomic mass is 10.2. The van der Waals surface area contributed by atoms with Gasteiger partial charge in [0.1, 0.15) is 0 Å². The SMILES string of the molecule is CSc1ccc2nc(N(CC3CCCO3)C(=O)c3ccco3)sc2c1. The molecular weight excluding hydrogens is 356 g/mol. The lowest BCUT2D eigenvalue weighted by Crippen LogP contribution is -2.37. The van der Waals surface area contributed by atoms with Crippen LogP contribution in [-0.2, 0) is 4.74 Å². The van der Waals surface area contributed by atoms with Gasteiger partial charge in [0, 0.05) is 11.5 Å². The molecular formula is C18H18N2O3S2. The fourth-order valence-corrected chi connectivity index (χ4v) is 4.44. The van der Waals surface area contributed by atoms with E-state index < -0.39 is 0 Å². The molecule has 0 radical (unpaired) electrons. The third kappa shape index (κ3) is 3.44. The minimum atomic E-state index is -0.176. The minimum Gasteiger partial charge on any atom is -0.459 e. The van der Waals surface area contributed by atoms with Gasteiger partial charge >= 0.3 is 0 Å². The number of thioether (sulfide) groups is 1. The maximum Gasteiger partial charge on any atom is 0.295 e. The average molecular weight is 374 g/mol. The molecule has 4 rings (SSSR count). The Balaban J connectivity index is 1.69. The van der Waals surface area contributed by atoms with Crippen molar-refractivity contribution in [2.24, 2.45) is 0 Å². The van der Waals surface area contributed by atoms with Gasteiger partial charge in [-0.05, 0) is 49.4 Å². The van der Waals surface area contributed by atoms with E-state index >= 15 is 0 Å². The van der Waals surface area contributed by atoms with E-state index in [9.17, 15) is 4.79 Å². The second-order valence-corrected chi connectivity index (χ2v) is 7.75. The summed E-state index contributed by atoms with van der Waals surface area (Å²) >= 11 is 3.22. The van der Waals surface area contributed by atoms with E-state index in [1.807, 2.05) is 12.3 Å². The highest BCUT2D eigenvalue weighted by Gasteiger charge is 2.28. The van der Waals surface area contributed by atoms with Crippen molar-refractivity contribution in [1.29, 1.82) is 0 Å². The minimum absolute atomic E-state index is 0.0488. The van der Waals surface area contributed by atoms with Crippen molar-refractivity contribution in [3.8, 4) is 0 Å². The average Bonchev–Trinajstić information content (AvgIpc) is 3.39. The first kappa shape index (κ1) is 16.6. The number of hydrogen-bond donors (Lipinski definition) is 0. The molecule has 0 saturated carbocycles. The molecule has 3 aromatic rings. The van der Waals surface area contributed by atoms with Gasteiger partial charge in [0.05, 0.1) is 29.1 Å². The van der Waals surface area contributed by atoms with Crippen LogP contribution >= 0.6 is 23.1 Å². The van der Waals surface area contributed by atoms with Gasteiger partial charge in [-0.25, -0.2) is 4.98 Å². The molecule has 130 valence electrons. The zero-order chi connectivity index (χ0) is 17.2. The summed E-state index contributed by atoms with van der Waals surface area (Å²) in [5.74, 6) is 0.145. The fraction of sp³-hybridized carbons (Fsp3) is 0.333. The number of aromatic nitrogens is 1. The standard InChI is InChI=1S/C18H18N2O3S2/c1-24-13-6-7-14-16(10-13)25-18(19-14)20(11-12-4-2-8-22-12)17(21)15-5-3-9-23-15/h3,5-7,9-10,12H,2,4,8,11H2,1H3. The first-order chi connectivity index (χ1) is 12.2. The van der Waals surface area contributed by atoms with Crippen LogP contribution in [0.5, 0.6) is 0 Å². The predicted octanol–water partition coefficient (Wildman–Crippen LogP) is 4.44. The third-order valence-corrected chi connectivity index (χ3v) is 5.97. The highest BCUT2D eigenvalue weighted by atomic mass is 32.2. The van der Waals surface area contributed by atoms with Crippen molar-refractivity contribution in [3.05, 3.63) is 42.4 Å². The first-order valence-electron chi connectivity index (χ1n) is 8.16. The Morgan fingerprint density at radius 3 is 3.08 bits per heavy atom. The summed E-state index contributed by atoms with van der Waals surface area (Å²) in [6.07, 6.45) is 5.61. The number of nitrogens with zero attached hydrogens (tertiary/aromatic N) is 2. The summed E-state index contributed by atoms with van der Waals surface area (Å²) in [7, 11) is 0. The number of anilines is 1. The molecule has 1 saturated heterocycles. The van der Waals surface area contributed by atoms with Gasteiger partial charge in [0.2, 0.25) is 0 Å². The molecule has 1 aliphatic heterocycles. The van der Waals surface area contributed by atoms with Crippen LogP contribution in [0.25, 0.3) is 10.2 Å². The number of benzene rings is 1. The number of furan rings is 1. The second kappa shape index (κ2) is 7.19. The van der Waals surface area contributed by atoms with E-state index in [0.717, 1.165) is 29.7 Å². The highest BCUT2D eigenvalue weighted by molar-refractivity contribution is 7.98. The molecule has 7 heteroatoms. The second-order valence-electron chi connectivity index (χ2n) is 5.86. The Kier molecular flexibility index (Phi) is 4.78. The van der Waals surface area contributed by atoms with Gasteiger partial charge in [-0.1, -0.05) is 11.3 Å². The number of thiazole rings is 1. The van der Waals surface area contributed by atoms with Gasteiger partial charge in [0.25, 0.3) is 5.91 Å². The van der Waals surface area contributed by atoms with Gasteiger partial charge < -0.3 is 9.15 Å². The Hall–Kier alpha value is -1.83. The maximum atomic E-state index is 12.9. The number of carbonyl (C=O) groups is 1. The van der Waals surface area contributed by atoms with Gasteiger partial charge in [0.15, 0.2) is 10.9 Å². The van der Waals surface area contributed by atoms with Crippen LogP contribution < -0.4 is 4.90 Å². The molecule has 2 aromatic heterocycles. The van der Waals surface area contributed by atoms with Gasteiger partial charge in [-0.3, -0.25) is 9.69 Å². The van der Waals surface area contributed by atoms with Crippen molar-refractivity contribution in [3.63, 3.8) is 0 Å². The molecule has 1 fully saturated rings. The van der Waals surface area contributed by atoms with Crippen LogP contribution in [0, 0.1) is 0 Å². The third-order valence-electron chi connectivity index (χ3n) is 4.20. The number of amides is 1. The lowest BCUT2D eigenvalue weighted by molar-refractivity contribution is 0.0895. The fourth-order valence-electron chi connectivity index (χ4n) is 2.91. The number of carbonyl (C=O) groups excluding carboxylic acids is 1. The maximum absolute atomic E-state index is 12.9. The van der Waals surface area contributed by atoms with E-state index in [-0.39, 0.29) is 12.0 Å². The summed E-state index contributed by atoms with van der Waals surface area (Å²) in [5.41, 5.74) is 0.905. The van der Waals surface area contributed by atoms with Gasteiger partial charge in [-0.15, -0.1) is 11.8 Å². The molecule has 25 heavy (non-hydrogen) atoms. The molecule has 1 aromatic carbocycles. The molecule has 1 aliphatic rings. The number of fused-ring (bicyclic) bond motifs is 1. The van der Waals surface area contributed by atoms with Crippen molar-refractivity contribution >= 4 is 44.4 Å². The molecule has 0 spiro atoms. The molecule has 5 nitrogen and oxygen atoms in total. The summed E-state index contributed by atoms with van der Waals surface area (Å²) in [6.45, 7) is 1.25. The van der Waals surface area contributed by atoms with Crippen molar-refractivity contribution < 1.29 is 13.9 Å². The van der Waals surface area contributed by atoms with Crippen LogP contribution in [0.3, 0.4) is 0 Å². The van der Waals surface area contributed by atoms with Crippen LogP contribution in [-0.4, -0.2) is 36.4 Å². The summed E-state index contributed by atoms with van der Waals surface area (Å²) < 4.78 is 12.1. The molecule has 0 bridgehead atoms. The predicted molar refractivity (Wildman–Crippen MR) is 101 cm³/mol. The largest absolute Gasteiger partial charge is 0.459 e. The Labute approximate surface area is 154 Å². The van der Waals surface area contributed by atoms with E-state index in [1.54, 1.807) is 28.8 Å². The Morgan fingerprint density at radius 1 is 1.44 bits per heavy atom. The lowest BCUT2D eigenvalue weighted by Gasteiger charge is -2.22. The zero-order valence-corrected chi connectivity index (χ0v) is 15.4. The first-order valence-corrected chi connectivity index (χ1v) is 10.2. The molecule has 0 N–H and O–H groups in total. The van der Waals surface area contributed by atoms with E-state index in [1.165, 1.54) is 22.5 Å². The molecule has 0 aliphatic carbocycles. The molecule has 1 unspecified atom stereocenters. The van der Waals surface area contributed by atoms with E-state index in [2.05, 4.69) is 17.1 Å². The van der Waals surface area contributed by atoms with E-state index in [4.69, 9.17) is 9.15 Å². The number of rotatable bonds is 5. The smallest absolute Gasteiger partial charge is 0.295 e. The highest BCUT2D eigenvalue weighted by Crippen LogP contribution is 2.33. The Morgan fingerprint density at radius 2 is 2.36 bits per heavy atom. The molecule has 3 heterocycles. The van der Waals surface area contributed by atoms with Crippen LogP contribution in [0.4, 0.5) is 5.13 Å². The molecule has 1 amide bonds. The van der Waals surface area contributed by atoms with Gasteiger partial charge in [-0.2, -0.15) is 0 Å². The summed E-state index contributed by atoms with van der Waals surface area (Å²) in [4.78, 5) is 20.5. The van der Waals surface area contributed by atoms with Crippen LogP contribution in [0.15, 0.2) is 45.9 Å².